The van der Waals surface area contributed by atoms with Crippen molar-refractivity contribution in [2.24, 2.45) is 17.6 Å². The zero-order chi connectivity index (χ0) is 36.3. The van der Waals surface area contributed by atoms with Gasteiger partial charge in [-0.15, -0.1) is 0 Å². The van der Waals surface area contributed by atoms with E-state index in [-0.39, 0.29) is 25.2 Å². The van der Waals surface area contributed by atoms with Crippen molar-refractivity contribution in [1.82, 2.24) is 0 Å². The van der Waals surface area contributed by atoms with Crippen molar-refractivity contribution in [3.05, 3.63) is 60.8 Å². The Balaban J connectivity index is 1.93. The number of rotatable bonds is 4. The Hall–Kier alpha value is -2.76. The zero-order valence-corrected chi connectivity index (χ0v) is 28.2. The Morgan fingerprint density at radius 2 is 1.59 bits per heavy atom. The van der Waals surface area contributed by atoms with Crippen LogP contribution in [0.15, 0.2) is 60.8 Å². The van der Waals surface area contributed by atoms with Gasteiger partial charge in [0.25, 0.3) is 0 Å². The molecule has 14 heteroatoms. The van der Waals surface area contributed by atoms with Crippen molar-refractivity contribution in [3.63, 3.8) is 0 Å². The first-order chi connectivity index (χ1) is 23.1. The number of aliphatic carboxylic acids is 1. The minimum absolute atomic E-state index is 0.00132. The number of fused-ring (bicyclic) bond motifs is 2. The summed E-state index contributed by atoms with van der Waals surface area (Å²) in [6.07, 6.45) is 4.26. The molecule has 0 aromatic rings. The van der Waals surface area contributed by atoms with Crippen LogP contribution in [0.2, 0.25) is 0 Å². The van der Waals surface area contributed by atoms with Gasteiger partial charge in [-0.25, -0.2) is 4.79 Å². The maximum Gasteiger partial charge on any atom is 0.330 e. The molecule has 3 aliphatic rings. The highest BCUT2D eigenvalue weighted by Gasteiger charge is 2.50. The summed E-state index contributed by atoms with van der Waals surface area (Å²) in [5.41, 5.74) is 5.98. The number of cyclic esters (lactones) is 1. The van der Waals surface area contributed by atoms with Gasteiger partial charge in [0.2, 0.25) is 0 Å². The van der Waals surface area contributed by atoms with E-state index in [0.29, 0.717) is 0 Å². The van der Waals surface area contributed by atoms with Gasteiger partial charge in [-0.1, -0.05) is 61.6 Å². The summed E-state index contributed by atoms with van der Waals surface area (Å²) in [6.45, 7) is 5.32. The van der Waals surface area contributed by atoms with Crippen molar-refractivity contribution in [2.45, 2.75) is 132 Å². The molecule has 0 amide bonds. The lowest BCUT2D eigenvalue weighted by atomic mass is 9.83. The molecule has 0 aromatic carbocycles. The van der Waals surface area contributed by atoms with E-state index in [1.807, 2.05) is 19.1 Å². The molecule has 14 nitrogen and oxygen atoms in total. The Labute approximate surface area is 286 Å². The molecule has 14 atom stereocenters. The van der Waals surface area contributed by atoms with E-state index in [2.05, 4.69) is 0 Å². The van der Waals surface area contributed by atoms with E-state index >= 15 is 0 Å². The van der Waals surface area contributed by atoms with Crippen molar-refractivity contribution in [1.29, 1.82) is 0 Å². The fraction of sp³-hybridized carbons (Fsp3) is 0.657. The number of carboxylic acid groups (broad SMARTS) is 1. The molecular weight excluding hydrogens is 642 g/mol. The summed E-state index contributed by atoms with van der Waals surface area (Å²) in [5, 5.41) is 74.4. The number of aliphatic hydroxyl groups is 6. The van der Waals surface area contributed by atoms with Crippen LogP contribution in [-0.4, -0.2) is 121 Å². The third kappa shape index (κ3) is 12.2. The Morgan fingerprint density at radius 3 is 2.24 bits per heavy atom. The lowest BCUT2D eigenvalue weighted by molar-refractivity contribution is -0.308. The summed E-state index contributed by atoms with van der Waals surface area (Å²) in [6, 6.07) is -1.09. The molecule has 49 heavy (non-hydrogen) atoms. The molecule has 3 unspecified atom stereocenters. The lowest BCUT2D eigenvalue weighted by Gasteiger charge is -2.45. The van der Waals surface area contributed by atoms with Crippen molar-refractivity contribution < 1.29 is 64.3 Å². The van der Waals surface area contributed by atoms with Gasteiger partial charge in [0.15, 0.2) is 12.1 Å². The van der Waals surface area contributed by atoms with E-state index in [1.54, 1.807) is 50.3 Å². The second-order valence-corrected chi connectivity index (χ2v) is 13.1. The van der Waals surface area contributed by atoms with E-state index < -0.39 is 104 Å². The molecule has 3 heterocycles. The number of allylic oxidation sites excluding steroid dienone is 6. The molecule has 9 N–H and O–H groups in total. The highest BCUT2D eigenvalue weighted by Crippen LogP contribution is 2.38. The first kappa shape index (κ1) is 40.7. The third-order valence-electron chi connectivity index (χ3n) is 9.05. The van der Waals surface area contributed by atoms with Gasteiger partial charge in [0.05, 0.1) is 48.8 Å². The highest BCUT2D eigenvalue weighted by molar-refractivity contribution is 5.82. The molecule has 2 bridgehead atoms. The molecular formula is C35H53NO13. The molecule has 0 aromatic heterocycles. The van der Waals surface area contributed by atoms with Gasteiger partial charge >= 0.3 is 11.9 Å². The molecule has 0 saturated carbocycles. The van der Waals surface area contributed by atoms with Crippen LogP contribution in [0.25, 0.3) is 0 Å². The first-order valence-electron chi connectivity index (χ1n) is 16.8. The SMILES string of the molecule is CC[C@H]1/C=C/C=C/C=C/C=C/C(O[C@@H]2O[C@H](C)[C@@H](O)[C@H](N)[C@H]2O)C[C@@H]2O[C@](O)(CC(O)CC(O)C/C=C/C(=O)O[C@@H]1C)C[C@H](O)[C@H]2C(=O)O. The number of hydrogen-bond donors (Lipinski definition) is 8. The molecule has 0 radical (unpaired) electrons. The largest absolute Gasteiger partial charge is 0.481 e. The monoisotopic (exact) mass is 695 g/mol. The van der Waals surface area contributed by atoms with E-state index in [4.69, 9.17) is 24.7 Å². The number of ether oxygens (including phenoxy) is 4. The predicted octanol–water partition coefficient (Wildman–Crippen LogP) is 0.739. The van der Waals surface area contributed by atoms with Crippen LogP contribution in [0, 0.1) is 11.8 Å². The summed E-state index contributed by atoms with van der Waals surface area (Å²) in [4.78, 5) is 24.6. The van der Waals surface area contributed by atoms with Crippen LogP contribution in [0.4, 0.5) is 0 Å². The van der Waals surface area contributed by atoms with Crippen LogP contribution in [0.3, 0.4) is 0 Å². The van der Waals surface area contributed by atoms with Gasteiger partial charge in [-0.2, -0.15) is 0 Å². The molecule has 2 fully saturated rings. The number of hydrogen-bond acceptors (Lipinski definition) is 13. The predicted molar refractivity (Wildman–Crippen MR) is 176 cm³/mol. The topological polar surface area (TPSA) is 239 Å². The number of esters is 1. The average Bonchev–Trinajstić information content (AvgIpc) is 3.00. The standard InChI is InChI=1S/C35H53NO13/c1-4-22-12-9-7-5-6-8-10-14-25(48-34-32(42)30(36)31(41)21(3)47-34)17-27-29(33(43)44)26(39)19-35(45,49-27)18-24(38)16-23(37)13-11-15-28(40)46-20(22)2/h5-12,14-15,20-27,29-32,34,37-39,41-42,45H,4,13,16-19,36H2,1-3H3,(H,43,44)/b7-5+,8-6+,12-9+,14-10+,15-11+/t20-,21-,22+,23?,24?,25?,26+,27+,29-,30+,31-,32-,34+,35-/m1/s1. The van der Waals surface area contributed by atoms with Crippen LogP contribution >= 0.6 is 0 Å². The number of nitrogens with two attached hydrogens (primary N) is 1. The smallest absolute Gasteiger partial charge is 0.330 e. The van der Waals surface area contributed by atoms with E-state index in [9.17, 15) is 45.3 Å². The second kappa shape index (κ2) is 19.0. The summed E-state index contributed by atoms with van der Waals surface area (Å²) < 4.78 is 23.1. The van der Waals surface area contributed by atoms with Gasteiger partial charge in [-0.3, -0.25) is 4.79 Å². The minimum Gasteiger partial charge on any atom is -0.481 e. The molecule has 3 aliphatic heterocycles. The minimum atomic E-state index is -2.18. The molecule has 2 saturated heterocycles. The Morgan fingerprint density at radius 1 is 0.939 bits per heavy atom. The summed E-state index contributed by atoms with van der Waals surface area (Å²) in [7, 11) is 0. The fourth-order valence-corrected chi connectivity index (χ4v) is 6.29. The van der Waals surface area contributed by atoms with Gasteiger partial charge in [-0.05, 0) is 33.1 Å². The van der Waals surface area contributed by atoms with Crippen LogP contribution < -0.4 is 5.73 Å². The fourth-order valence-electron chi connectivity index (χ4n) is 6.29. The van der Waals surface area contributed by atoms with Gasteiger partial charge < -0.3 is 60.4 Å². The van der Waals surface area contributed by atoms with Gasteiger partial charge in [0.1, 0.15) is 18.1 Å². The number of aliphatic hydroxyl groups excluding tert-OH is 5. The molecule has 0 aliphatic carbocycles. The maximum absolute atomic E-state index is 12.3. The second-order valence-electron chi connectivity index (χ2n) is 13.1. The Bertz CT molecular complexity index is 1220. The van der Waals surface area contributed by atoms with Crippen LogP contribution in [-0.2, 0) is 28.5 Å². The number of carbonyl (C=O) groups is 2. The number of carbonyl (C=O) groups excluding carboxylic acids is 1. The molecule has 276 valence electrons. The number of carboxylic acids is 1. The van der Waals surface area contributed by atoms with Crippen LogP contribution in [0.1, 0.15) is 59.3 Å². The van der Waals surface area contributed by atoms with Gasteiger partial charge in [0, 0.05) is 31.3 Å². The van der Waals surface area contributed by atoms with Crippen molar-refractivity contribution >= 4 is 11.9 Å². The lowest BCUT2D eigenvalue weighted by Crippen LogP contribution is -2.61. The Kier molecular flexibility index (Phi) is 15.8. The molecule has 3 rings (SSSR count). The van der Waals surface area contributed by atoms with Crippen molar-refractivity contribution in [3.8, 4) is 0 Å². The maximum atomic E-state index is 12.3. The third-order valence-corrected chi connectivity index (χ3v) is 9.05. The zero-order valence-electron chi connectivity index (χ0n) is 28.2. The first-order valence-corrected chi connectivity index (χ1v) is 16.8. The summed E-state index contributed by atoms with van der Waals surface area (Å²) in [5.74, 6) is -5.69. The summed E-state index contributed by atoms with van der Waals surface area (Å²) >= 11 is 0. The highest BCUT2D eigenvalue weighted by atomic mass is 16.7. The van der Waals surface area contributed by atoms with Crippen LogP contribution in [0.5, 0.6) is 0 Å². The normalized spacial score (nSPS) is 45.2. The quantitative estimate of drug-likeness (QED) is 0.189. The van der Waals surface area contributed by atoms with E-state index in [0.717, 1.165) is 6.42 Å². The van der Waals surface area contributed by atoms with Crippen molar-refractivity contribution in [2.75, 3.05) is 0 Å². The van der Waals surface area contributed by atoms with E-state index in [1.165, 1.54) is 12.2 Å². The average molecular weight is 696 g/mol. The molecule has 0 spiro atoms.